The maximum Gasteiger partial charge on any atom is 0.202 e. The summed E-state index contributed by atoms with van der Waals surface area (Å²) in [5.74, 6) is 0.863. The van der Waals surface area contributed by atoms with Crippen LogP contribution in [0.3, 0.4) is 0 Å². The Balaban J connectivity index is 2.54. The van der Waals surface area contributed by atoms with Crippen molar-refractivity contribution < 1.29 is 4.18 Å². The topological polar surface area (TPSA) is 23.3 Å². The minimum absolute atomic E-state index is 0.863. The van der Waals surface area contributed by atoms with Crippen molar-refractivity contribution in [3.8, 4) is 5.75 Å². The van der Waals surface area contributed by atoms with Crippen LogP contribution in [0.25, 0.3) is 0 Å². The van der Waals surface area contributed by atoms with Crippen LogP contribution in [0.5, 0.6) is 5.75 Å². The van der Waals surface area contributed by atoms with Crippen LogP contribution in [0.1, 0.15) is 0 Å². The second-order valence-electron chi connectivity index (χ2n) is 1.72. The summed E-state index contributed by atoms with van der Waals surface area (Å²) in [5, 5.41) is 0. The van der Waals surface area contributed by atoms with E-state index >= 15 is 0 Å². The van der Waals surface area contributed by atoms with Gasteiger partial charge in [0.1, 0.15) is 5.69 Å². The molecular weight excluding hydrogens is 134 g/mol. The van der Waals surface area contributed by atoms with Crippen molar-refractivity contribution in [1.82, 2.24) is 4.72 Å². The molecule has 0 spiro atoms. The van der Waals surface area contributed by atoms with Crippen LogP contribution in [0.2, 0.25) is 0 Å². The fraction of sp³-hybridized carbons (Fsp3) is 0. The van der Waals surface area contributed by atoms with Gasteiger partial charge in [0.25, 0.3) is 0 Å². The van der Waals surface area contributed by atoms with Crippen LogP contribution >= 0.6 is 12.2 Å². The molecule has 1 aromatic carbocycles. The summed E-state index contributed by atoms with van der Waals surface area (Å²) in [5.41, 5.74) is 0.933. The van der Waals surface area contributed by atoms with Gasteiger partial charge in [-0.15, -0.1) is 0 Å². The molecule has 0 aromatic heterocycles. The third-order valence-electron chi connectivity index (χ3n) is 1.13. The first-order chi connectivity index (χ1) is 4.47. The molecule has 1 aromatic rings. The monoisotopic (exact) mass is 138 g/mol. The number of para-hydroxylation sites is 1. The lowest BCUT2D eigenvalue weighted by Gasteiger charge is -1.88. The summed E-state index contributed by atoms with van der Waals surface area (Å²) in [6, 6.07) is 7.70. The van der Waals surface area contributed by atoms with Crippen LogP contribution in [0.15, 0.2) is 24.3 Å². The van der Waals surface area contributed by atoms with E-state index < -0.39 is 0 Å². The normalized spacial score (nSPS) is 13.8. The van der Waals surface area contributed by atoms with Gasteiger partial charge in [-0.2, -0.15) is 4.72 Å². The van der Waals surface area contributed by atoms with E-state index in [1.54, 1.807) is 0 Å². The fourth-order valence-corrected chi connectivity index (χ4v) is 1.19. The second kappa shape index (κ2) is 1.84. The van der Waals surface area contributed by atoms with Crippen LogP contribution in [-0.2, 0) is 0 Å². The van der Waals surface area contributed by atoms with Crippen molar-refractivity contribution in [2.45, 2.75) is 0 Å². The largest absolute Gasteiger partial charge is 0.402 e. The van der Waals surface area contributed by atoms with E-state index in [0.717, 1.165) is 23.7 Å². The van der Waals surface area contributed by atoms with Crippen molar-refractivity contribution >= 4 is 17.9 Å². The highest BCUT2D eigenvalue weighted by Gasteiger charge is 2.11. The zero-order valence-electron chi connectivity index (χ0n) is 4.57. The quantitative estimate of drug-likeness (QED) is 0.403. The molecule has 2 nitrogen and oxygen atoms in total. The van der Waals surface area contributed by atoms with E-state index in [9.17, 15) is 0 Å². The summed E-state index contributed by atoms with van der Waals surface area (Å²) >= 11 is 1.13. The van der Waals surface area contributed by atoms with E-state index in [0.29, 0.717) is 0 Å². The maximum absolute atomic E-state index is 5.05. The highest BCUT2D eigenvalue weighted by Crippen LogP contribution is 2.34. The molecule has 0 saturated carbocycles. The van der Waals surface area contributed by atoms with Gasteiger partial charge in [0.05, 0.1) is 0 Å². The molecule has 0 saturated heterocycles. The molecule has 0 N–H and O–H groups in total. The first kappa shape index (κ1) is 4.99. The molecule has 1 aliphatic heterocycles. The summed E-state index contributed by atoms with van der Waals surface area (Å²) in [6.45, 7) is 0. The van der Waals surface area contributed by atoms with E-state index in [4.69, 9.17) is 4.18 Å². The molecule has 9 heavy (non-hydrogen) atoms. The number of nitrogens with zero attached hydrogens (tertiary/aromatic N) is 1. The Morgan fingerprint density at radius 1 is 1.33 bits per heavy atom. The Morgan fingerprint density at radius 2 is 2.22 bits per heavy atom. The average Bonchev–Trinajstić information content (AvgIpc) is 2.33. The summed E-state index contributed by atoms with van der Waals surface area (Å²) in [7, 11) is 0. The Morgan fingerprint density at radius 3 is 3.11 bits per heavy atom. The molecule has 45 valence electrons. The van der Waals surface area contributed by atoms with Crippen LogP contribution in [-0.4, -0.2) is 0 Å². The first-order valence-corrected chi connectivity index (χ1v) is 3.30. The molecule has 1 radical (unpaired) electrons. The van der Waals surface area contributed by atoms with Gasteiger partial charge in [-0.05, 0) is 12.1 Å². The molecule has 0 aliphatic carbocycles. The Kier molecular flexibility index (Phi) is 1.02. The van der Waals surface area contributed by atoms with Gasteiger partial charge in [0.2, 0.25) is 12.2 Å². The van der Waals surface area contributed by atoms with Crippen molar-refractivity contribution in [2.75, 3.05) is 0 Å². The van der Waals surface area contributed by atoms with Gasteiger partial charge >= 0.3 is 0 Å². The van der Waals surface area contributed by atoms with Gasteiger partial charge in [-0.3, -0.25) is 0 Å². The predicted molar refractivity (Wildman–Crippen MR) is 36.5 cm³/mol. The number of hydrogen-bond acceptors (Lipinski definition) is 2. The zero-order valence-corrected chi connectivity index (χ0v) is 5.39. The molecule has 0 fully saturated rings. The molecule has 1 heterocycles. The third kappa shape index (κ3) is 0.733. The molecule has 0 unspecified atom stereocenters. The van der Waals surface area contributed by atoms with Crippen molar-refractivity contribution in [2.24, 2.45) is 0 Å². The fourth-order valence-electron chi connectivity index (χ4n) is 0.702. The molecule has 0 atom stereocenters. The van der Waals surface area contributed by atoms with Gasteiger partial charge in [0.15, 0.2) is 5.75 Å². The Bertz CT molecular complexity index is 203. The summed E-state index contributed by atoms with van der Waals surface area (Å²) < 4.78 is 9.04. The van der Waals surface area contributed by atoms with Gasteiger partial charge in [0, 0.05) is 0 Å². The van der Waals surface area contributed by atoms with Crippen molar-refractivity contribution in [3.63, 3.8) is 0 Å². The molecule has 0 bridgehead atoms. The molecule has 0 amide bonds. The first-order valence-electron chi connectivity index (χ1n) is 2.60. The number of fused-ring (bicyclic) bond motifs is 1. The van der Waals surface area contributed by atoms with E-state index in [2.05, 4.69) is 4.72 Å². The van der Waals surface area contributed by atoms with Crippen LogP contribution in [0.4, 0.5) is 5.69 Å². The Hall–Kier alpha value is -0.830. The summed E-state index contributed by atoms with van der Waals surface area (Å²) in [6.07, 6.45) is 0. The van der Waals surface area contributed by atoms with Crippen LogP contribution < -0.4 is 8.91 Å². The Labute approximate surface area is 57.6 Å². The standard InChI is InChI=1S/C6H4NOS/c1-2-4-6-5(3-1)7-9-8-6/h1-4H. The smallest absolute Gasteiger partial charge is 0.202 e. The van der Waals surface area contributed by atoms with Crippen molar-refractivity contribution in [3.05, 3.63) is 24.3 Å². The predicted octanol–water partition coefficient (Wildman–Crippen LogP) is 1.88. The lowest BCUT2D eigenvalue weighted by molar-refractivity contribution is 0.665. The van der Waals surface area contributed by atoms with E-state index in [-0.39, 0.29) is 0 Å². The molecule has 3 heteroatoms. The third-order valence-corrected chi connectivity index (χ3v) is 1.65. The average molecular weight is 138 g/mol. The molecule has 1 aliphatic rings. The minimum Gasteiger partial charge on any atom is -0.402 e. The van der Waals surface area contributed by atoms with Gasteiger partial charge in [-0.1, -0.05) is 12.1 Å². The minimum atomic E-state index is 0.863. The molecular formula is C6H4NOS. The number of hydrogen-bond donors (Lipinski definition) is 0. The van der Waals surface area contributed by atoms with Gasteiger partial charge in [-0.25, -0.2) is 0 Å². The van der Waals surface area contributed by atoms with E-state index in [1.165, 1.54) is 0 Å². The SMILES string of the molecule is c1ccc2c(c1)[N]SO2. The molecule has 2 rings (SSSR count). The van der Waals surface area contributed by atoms with Crippen molar-refractivity contribution in [1.29, 1.82) is 0 Å². The maximum atomic E-state index is 5.05. The number of rotatable bonds is 0. The zero-order chi connectivity index (χ0) is 6.10. The lowest BCUT2D eigenvalue weighted by Crippen LogP contribution is -1.71. The highest BCUT2D eigenvalue weighted by atomic mass is 32.2. The van der Waals surface area contributed by atoms with E-state index in [1.807, 2.05) is 24.3 Å². The summed E-state index contributed by atoms with van der Waals surface area (Å²) in [4.78, 5) is 0. The lowest BCUT2D eigenvalue weighted by atomic mass is 10.3. The second-order valence-corrected chi connectivity index (χ2v) is 2.22. The number of benzene rings is 1. The highest BCUT2D eigenvalue weighted by molar-refractivity contribution is 7.93. The van der Waals surface area contributed by atoms with Gasteiger partial charge < -0.3 is 4.18 Å². The van der Waals surface area contributed by atoms with Crippen LogP contribution in [0, 0.1) is 0 Å².